The van der Waals surface area contributed by atoms with Crippen molar-refractivity contribution in [3.05, 3.63) is 60.1 Å². The summed E-state index contributed by atoms with van der Waals surface area (Å²) in [5, 5.41) is 13.6. The Morgan fingerprint density at radius 3 is 2.68 bits per heavy atom. The van der Waals surface area contributed by atoms with E-state index >= 15 is 0 Å². The normalized spacial score (nSPS) is 12.4. The molecule has 0 radical (unpaired) electrons. The third-order valence-corrected chi connectivity index (χ3v) is 5.37. The fourth-order valence-corrected chi connectivity index (χ4v) is 3.81. The molecule has 3 heterocycles. The first kappa shape index (κ1) is 18.5. The highest BCUT2D eigenvalue weighted by Gasteiger charge is 2.23. The number of para-hydroxylation sites is 1. The number of hydrogen-bond donors (Lipinski definition) is 0. The van der Waals surface area contributed by atoms with Gasteiger partial charge in [-0.3, -0.25) is 4.57 Å². The van der Waals surface area contributed by atoms with Crippen LogP contribution in [0.4, 0.5) is 0 Å². The van der Waals surface area contributed by atoms with Gasteiger partial charge in [0.2, 0.25) is 5.89 Å². The van der Waals surface area contributed by atoms with Crippen molar-refractivity contribution in [3.8, 4) is 17.1 Å². The fourth-order valence-electron chi connectivity index (χ4n) is 2.91. The summed E-state index contributed by atoms with van der Waals surface area (Å²) in [6, 6.07) is 11.9. The lowest BCUT2D eigenvalue weighted by atomic mass is 10.2. The Morgan fingerprint density at radius 2 is 1.96 bits per heavy atom. The molecule has 144 valence electrons. The number of rotatable bonds is 7. The van der Waals surface area contributed by atoms with Gasteiger partial charge in [0.25, 0.3) is 0 Å². The predicted molar refractivity (Wildman–Crippen MR) is 106 cm³/mol. The van der Waals surface area contributed by atoms with E-state index in [4.69, 9.17) is 8.94 Å². The Bertz CT molecular complexity index is 1050. The van der Waals surface area contributed by atoms with E-state index < -0.39 is 0 Å². The lowest BCUT2D eigenvalue weighted by Crippen LogP contribution is -2.01. The summed E-state index contributed by atoms with van der Waals surface area (Å²) in [7, 11) is 0. The van der Waals surface area contributed by atoms with E-state index in [2.05, 4.69) is 27.3 Å². The molecule has 0 fully saturated rings. The Kier molecular flexibility index (Phi) is 5.29. The monoisotopic (exact) mass is 395 g/mol. The molecule has 28 heavy (non-hydrogen) atoms. The zero-order valence-corrected chi connectivity index (χ0v) is 16.8. The molecule has 0 saturated carbocycles. The zero-order chi connectivity index (χ0) is 19.5. The van der Waals surface area contributed by atoms with Crippen LogP contribution in [0.5, 0.6) is 0 Å². The van der Waals surface area contributed by atoms with Crippen LogP contribution in [0.15, 0.2) is 56.8 Å². The Labute approximate surface area is 167 Å². The third-order valence-electron chi connectivity index (χ3n) is 4.33. The molecule has 0 N–H and O–H groups in total. The van der Waals surface area contributed by atoms with Crippen LogP contribution in [0.2, 0.25) is 0 Å². The Hall–Kier alpha value is -2.87. The Morgan fingerprint density at radius 1 is 1.14 bits per heavy atom. The zero-order valence-electron chi connectivity index (χ0n) is 16.0. The molecule has 1 aromatic carbocycles. The van der Waals surface area contributed by atoms with Crippen molar-refractivity contribution in [1.82, 2.24) is 24.9 Å². The largest absolute Gasteiger partial charge is 0.469 e. The van der Waals surface area contributed by atoms with Crippen molar-refractivity contribution >= 4 is 11.8 Å². The molecule has 4 aromatic rings. The molecule has 0 aliphatic rings. The minimum absolute atomic E-state index is 0.0527. The van der Waals surface area contributed by atoms with Gasteiger partial charge in [0.1, 0.15) is 5.76 Å². The van der Waals surface area contributed by atoms with E-state index in [1.165, 1.54) is 11.8 Å². The molecule has 0 bridgehead atoms. The third kappa shape index (κ3) is 3.60. The van der Waals surface area contributed by atoms with Gasteiger partial charge in [-0.15, -0.1) is 10.2 Å². The van der Waals surface area contributed by atoms with Crippen molar-refractivity contribution in [3.63, 3.8) is 0 Å². The maximum absolute atomic E-state index is 5.47. The molecule has 8 heteroatoms. The van der Waals surface area contributed by atoms with Crippen molar-refractivity contribution in [2.45, 2.75) is 44.0 Å². The average molecular weight is 395 g/mol. The van der Waals surface area contributed by atoms with Crippen LogP contribution in [-0.2, 0) is 6.42 Å². The highest BCUT2D eigenvalue weighted by molar-refractivity contribution is 7.99. The minimum Gasteiger partial charge on any atom is -0.469 e. The first-order valence-corrected chi connectivity index (χ1v) is 10.1. The summed E-state index contributed by atoms with van der Waals surface area (Å²) in [6.45, 7) is 6.04. The molecular formula is C20H21N5O2S. The number of aryl methyl sites for hydroxylation is 2. The molecule has 7 nitrogen and oxygen atoms in total. The van der Waals surface area contributed by atoms with Gasteiger partial charge in [-0.2, -0.15) is 4.98 Å². The number of furan rings is 1. The van der Waals surface area contributed by atoms with E-state index in [9.17, 15) is 0 Å². The molecule has 0 aliphatic carbocycles. The smallest absolute Gasteiger partial charge is 0.239 e. The summed E-state index contributed by atoms with van der Waals surface area (Å²) in [5.41, 5.74) is 1.90. The maximum atomic E-state index is 5.47. The SMILES string of the molecule is CCCc1noc(C(C)Sc2nnc(-c3ccoc3C)n2-c2ccccc2)n1. The van der Waals surface area contributed by atoms with Crippen molar-refractivity contribution in [2.24, 2.45) is 0 Å². The van der Waals surface area contributed by atoms with Gasteiger partial charge in [-0.05, 0) is 38.5 Å². The van der Waals surface area contributed by atoms with Gasteiger partial charge in [0.05, 0.1) is 17.1 Å². The van der Waals surface area contributed by atoms with Crippen molar-refractivity contribution in [2.75, 3.05) is 0 Å². The van der Waals surface area contributed by atoms with Gasteiger partial charge in [0.15, 0.2) is 16.8 Å². The number of nitrogens with zero attached hydrogens (tertiary/aromatic N) is 5. The standard InChI is InChI=1S/C20H21N5O2S/c1-4-8-17-21-19(27-24-17)14(3)28-20-23-22-18(16-11-12-26-13(16)2)25(20)15-9-6-5-7-10-15/h5-7,9-12,14H,4,8H2,1-3H3. The van der Waals surface area contributed by atoms with E-state index in [0.717, 1.165) is 46.7 Å². The van der Waals surface area contributed by atoms with Gasteiger partial charge in [-0.25, -0.2) is 0 Å². The molecule has 1 unspecified atom stereocenters. The number of thioether (sulfide) groups is 1. The number of benzene rings is 1. The van der Waals surface area contributed by atoms with Crippen LogP contribution in [-0.4, -0.2) is 24.9 Å². The molecule has 1 atom stereocenters. The first-order chi connectivity index (χ1) is 13.7. The van der Waals surface area contributed by atoms with E-state index in [0.29, 0.717) is 5.89 Å². The minimum atomic E-state index is -0.0527. The summed E-state index contributed by atoms with van der Waals surface area (Å²) >= 11 is 1.54. The van der Waals surface area contributed by atoms with E-state index in [1.54, 1.807) is 6.26 Å². The predicted octanol–water partition coefficient (Wildman–Crippen LogP) is 5.02. The van der Waals surface area contributed by atoms with Crippen LogP contribution >= 0.6 is 11.8 Å². The average Bonchev–Trinajstić information content (AvgIpc) is 3.43. The molecule has 4 rings (SSSR count). The number of hydrogen-bond acceptors (Lipinski definition) is 7. The van der Waals surface area contributed by atoms with Crippen molar-refractivity contribution < 1.29 is 8.94 Å². The first-order valence-electron chi connectivity index (χ1n) is 9.21. The van der Waals surface area contributed by atoms with Crippen LogP contribution in [0.3, 0.4) is 0 Å². The molecule has 0 spiro atoms. The number of aromatic nitrogens is 5. The molecule has 3 aromatic heterocycles. The molecule has 0 aliphatic heterocycles. The van der Waals surface area contributed by atoms with Crippen LogP contribution in [0, 0.1) is 6.92 Å². The summed E-state index contributed by atoms with van der Waals surface area (Å²) < 4.78 is 12.9. The van der Waals surface area contributed by atoms with Crippen LogP contribution in [0.1, 0.15) is 43.0 Å². The van der Waals surface area contributed by atoms with Gasteiger partial charge < -0.3 is 8.94 Å². The second kappa shape index (κ2) is 8.02. The summed E-state index contributed by atoms with van der Waals surface area (Å²) in [5.74, 6) is 2.88. The van der Waals surface area contributed by atoms with Crippen LogP contribution in [0.25, 0.3) is 17.1 Å². The lowest BCUT2D eigenvalue weighted by molar-refractivity contribution is 0.374. The second-order valence-electron chi connectivity index (χ2n) is 6.43. The summed E-state index contributed by atoms with van der Waals surface area (Å²) in [4.78, 5) is 4.50. The summed E-state index contributed by atoms with van der Waals surface area (Å²) in [6.07, 6.45) is 3.46. The lowest BCUT2D eigenvalue weighted by Gasteiger charge is -2.11. The quantitative estimate of drug-likeness (QED) is 0.406. The van der Waals surface area contributed by atoms with Crippen molar-refractivity contribution in [1.29, 1.82) is 0 Å². The molecular weight excluding hydrogens is 374 g/mol. The second-order valence-corrected chi connectivity index (χ2v) is 7.73. The highest BCUT2D eigenvalue weighted by Crippen LogP contribution is 2.37. The van der Waals surface area contributed by atoms with E-state index in [-0.39, 0.29) is 5.25 Å². The van der Waals surface area contributed by atoms with E-state index in [1.807, 2.05) is 54.8 Å². The fraction of sp³-hybridized carbons (Fsp3) is 0.300. The molecule has 0 saturated heterocycles. The molecule has 0 amide bonds. The van der Waals surface area contributed by atoms with Gasteiger partial charge >= 0.3 is 0 Å². The van der Waals surface area contributed by atoms with Crippen LogP contribution < -0.4 is 0 Å². The van der Waals surface area contributed by atoms with Gasteiger partial charge in [0, 0.05) is 12.1 Å². The Balaban J connectivity index is 1.70. The maximum Gasteiger partial charge on any atom is 0.239 e. The topological polar surface area (TPSA) is 82.8 Å². The van der Waals surface area contributed by atoms with Gasteiger partial charge in [-0.1, -0.05) is 42.0 Å². The highest BCUT2D eigenvalue weighted by atomic mass is 32.2.